The zero-order chi connectivity index (χ0) is 15.4. The summed E-state index contributed by atoms with van der Waals surface area (Å²) in [5.41, 5.74) is 4.13. The molecule has 3 aromatic heterocycles. The smallest absolute Gasteiger partial charge is 0.129 e. The second-order valence-corrected chi connectivity index (χ2v) is 6.27. The van der Waals surface area contributed by atoms with Gasteiger partial charge in [-0.15, -0.1) is 11.8 Å². The molecular formula is C17H14ClN3S. The fourth-order valence-electron chi connectivity index (χ4n) is 1.99. The van der Waals surface area contributed by atoms with Gasteiger partial charge in [0.1, 0.15) is 5.15 Å². The van der Waals surface area contributed by atoms with Gasteiger partial charge in [-0.2, -0.15) is 0 Å². The second kappa shape index (κ2) is 6.90. The molecule has 0 N–H and O–H groups in total. The van der Waals surface area contributed by atoms with Crippen LogP contribution in [0.1, 0.15) is 11.4 Å². The van der Waals surface area contributed by atoms with Crippen LogP contribution in [0.2, 0.25) is 5.15 Å². The average Bonchev–Trinajstić information content (AvgIpc) is 2.54. The van der Waals surface area contributed by atoms with Crippen LogP contribution in [0.3, 0.4) is 0 Å². The first-order valence-corrected chi connectivity index (χ1v) is 8.19. The zero-order valence-corrected chi connectivity index (χ0v) is 13.6. The summed E-state index contributed by atoms with van der Waals surface area (Å²) >= 11 is 7.56. The van der Waals surface area contributed by atoms with Gasteiger partial charge in [-0.1, -0.05) is 17.7 Å². The number of nitrogens with zero attached hydrogens (tertiary/aromatic N) is 3. The lowest BCUT2D eigenvalue weighted by Gasteiger charge is -2.04. The largest absolute Gasteiger partial charge is 0.262 e. The standard InChI is InChI=1S/C17H14ClN3S/c1-12-8-16(6-7-19-12)22-11-15-4-2-13(9-20-15)14-3-5-17(18)21-10-14/h2-10H,11H2,1H3. The molecule has 22 heavy (non-hydrogen) atoms. The molecule has 5 heteroatoms. The van der Waals surface area contributed by atoms with Crippen molar-refractivity contribution in [2.45, 2.75) is 17.6 Å². The van der Waals surface area contributed by atoms with Crippen LogP contribution >= 0.6 is 23.4 Å². The molecule has 3 aromatic rings. The Morgan fingerprint density at radius 3 is 2.36 bits per heavy atom. The van der Waals surface area contributed by atoms with E-state index in [1.54, 1.807) is 24.0 Å². The van der Waals surface area contributed by atoms with Gasteiger partial charge in [0.05, 0.1) is 5.69 Å². The van der Waals surface area contributed by atoms with Crippen LogP contribution in [0.25, 0.3) is 11.1 Å². The maximum Gasteiger partial charge on any atom is 0.129 e. The van der Waals surface area contributed by atoms with E-state index in [9.17, 15) is 0 Å². The van der Waals surface area contributed by atoms with Crippen molar-refractivity contribution < 1.29 is 0 Å². The third-order valence-corrected chi connectivity index (χ3v) is 4.39. The fourth-order valence-corrected chi connectivity index (χ4v) is 3.00. The summed E-state index contributed by atoms with van der Waals surface area (Å²) in [7, 11) is 0. The minimum absolute atomic E-state index is 0.498. The molecule has 0 spiro atoms. The van der Waals surface area contributed by atoms with Crippen molar-refractivity contribution in [1.29, 1.82) is 0 Å². The molecule has 0 saturated heterocycles. The van der Waals surface area contributed by atoms with Crippen molar-refractivity contribution in [1.82, 2.24) is 15.0 Å². The summed E-state index contributed by atoms with van der Waals surface area (Å²) in [5, 5.41) is 0.498. The van der Waals surface area contributed by atoms with E-state index in [0.717, 1.165) is 28.3 Å². The van der Waals surface area contributed by atoms with Crippen molar-refractivity contribution in [2.24, 2.45) is 0 Å². The van der Waals surface area contributed by atoms with Crippen LogP contribution in [-0.4, -0.2) is 15.0 Å². The summed E-state index contributed by atoms with van der Waals surface area (Å²) in [6.45, 7) is 2.00. The number of hydrogen-bond acceptors (Lipinski definition) is 4. The van der Waals surface area contributed by atoms with E-state index in [4.69, 9.17) is 11.6 Å². The fraction of sp³-hybridized carbons (Fsp3) is 0.118. The summed E-state index contributed by atoms with van der Waals surface area (Å²) in [4.78, 5) is 14.0. The monoisotopic (exact) mass is 327 g/mol. The van der Waals surface area contributed by atoms with Crippen LogP contribution < -0.4 is 0 Å². The molecule has 0 amide bonds. The summed E-state index contributed by atoms with van der Waals surface area (Å²) in [5.74, 6) is 0.836. The predicted octanol–water partition coefficient (Wildman–Crippen LogP) is 4.79. The van der Waals surface area contributed by atoms with E-state index in [-0.39, 0.29) is 0 Å². The molecule has 0 aromatic carbocycles. The van der Waals surface area contributed by atoms with Gasteiger partial charge in [0.25, 0.3) is 0 Å². The Bertz CT molecular complexity index is 758. The first-order valence-electron chi connectivity index (χ1n) is 6.83. The minimum Gasteiger partial charge on any atom is -0.262 e. The van der Waals surface area contributed by atoms with E-state index < -0.39 is 0 Å². The number of rotatable bonds is 4. The lowest BCUT2D eigenvalue weighted by atomic mass is 10.1. The van der Waals surface area contributed by atoms with Crippen molar-refractivity contribution in [3.05, 3.63) is 71.5 Å². The van der Waals surface area contributed by atoms with Crippen LogP contribution in [0, 0.1) is 6.92 Å². The molecule has 0 unspecified atom stereocenters. The highest BCUT2D eigenvalue weighted by Crippen LogP contribution is 2.24. The topological polar surface area (TPSA) is 38.7 Å². The van der Waals surface area contributed by atoms with Crippen LogP contribution in [-0.2, 0) is 5.75 Å². The quantitative estimate of drug-likeness (QED) is 0.510. The Kier molecular flexibility index (Phi) is 4.71. The van der Waals surface area contributed by atoms with Crippen LogP contribution in [0.15, 0.2) is 59.9 Å². The first-order chi connectivity index (χ1) is 10.7. The number of pyridine rings is 3. The zero-order valence-electron chi connectivity index (χ0n) is 12.0. The van der Waals surface area contributed by atoms with Crippen molar-refractivity contribution in [3.63, 3.8) is 0 Å². The molecule has 0 radical (unpaired) electrons. The summed E-state index contributed by atoms with van der Waals surface area (Å²) in [6.07, 6.45) is 5.47. The van der Waals surface area contributed by atoms with Gasteiger partial charge in [0.2, 0.25) is 0 Å². The van der Waals surface area contributed by atoms with E-state index in [1.807, 2.05) is 37.5 Å². The van der Waals surface area contributed by atoms with Crippen LogP contribution in [0.5, 0.6) is 0 Å². The van der Waals surface area contributed by atoms with Gasteiger partial charge >= 0.3 is 0 Å². The van der Waals surface area contributed by atoms with Crippen LogP contribution in [0.4, 0.5) is 0 Å². The molecule has 0 aliphatic heterocycles. The Balaban J connectivity index is 1.68. The highest BCUT2D eigenvalue weighted by Gasteiger charge is 2.02. The SMILES string of the molecule is Cc1cc(SCc2ccc(-c3ccc(Cl)nc3)cn2)ccn1. The Labute approximate surface area is 138 Å². The van der Waals surface area contributed by atoms with Gasteiger partial charge in [-0.3, -0.25) is 9.97 Å². The molecule has 3 rings (SSSR count). The minimum atomic E-state index is 0.498. The number of aromatic nitrogens is 3. The number of hydrogen-bond donors (Lipinski definition) is 0. The van der Waals surface area contributed by atoms with Crippen molar-refractivity contribution >= 4 is 23.4 Å². The Hall–Kier alpha value is -1.91. The molecule has 0 saturated carbocycles. The first kappa shape index (κ1) is 15.0. The number of aryl methyl sites for hydroxylation is 1. The van der Waals surface area contributed by atoms with E-state index in [2.05, 4.69) is 27.1 Å². The third kappa shape index (κ3) is 3.84. The van der Waals surface area contributed by atoms with Gasteiger partial charge < -0.3 is 0 Å². The third-order valence-electron chi connectivity index (χ3n) is 3.14. The molecule has 3 nitrogen and oxygen atoms in total. The van der Waals surface area contributed by atoms with Gasteiger partial charge in [0, 0.05) is 46.1 Å². The number of thioether (sulfide) groups is 1. The molecular weight excluding hydrogens is 314 g/mol. The maximum absolute atomic E-state index is 5.80. The van der Waals surface area contributed by atoms with E-state index >= 15 is 0 Å². The molecule has 0 fully saturated rings. The molecule has 0 bridgehead atoms. The molecule has 0 aliphatic carbocycles. The Morgan fingerprint density at radius 2 is 1.73 bits per heavy atom. The Morgan fingerprint density at radius 1 is 0.955 bits per heavy atom. The lowest BCUT2D eigenvalue weighted by Crippen LogP contribution is -1.89. The molecule has 3 heterocycles. The summed E-state index contributed by atoms with van der Waals surface area (Å²) < 4.78 is 0. The summed E-state index contributed by atoms with van der Waals surface area (Å²) in [6, 6.07) is 11.9. The molecule has 110 valence electrons. The van der Waals surface area contributed by atoms with Gasteiger partial charge in [0.15, 0.2) is 0 Å². The van der Waals surface area contributed by atoms with Gasteiger partial charge in [-0.05, 0) is 37.3 Å². The van der Waals surface area contributed by atoms with E-state index in [0.29, 0.717) is 5.15 Å². The predicted molar refractivity (Wildman–Crippen MR) is 91.0 cm³/mol. The van der Waals surface area contributed by atoms with Crippen molar-refractivity contribution in [3.8, 4) is 11.1 Å². The highest BCUT2D eigenvalue weighted by molar-refractivity contribution is 7.98. The average molecular weight is 328 g/mol. The second-order valence-electron chi connectivity index (χ2n) is 4.83. The van der Waals surface area contributed by atoms with E-state index in [1.165, 1.54) is 4.90 Å². The molecule has 0 aliphatic rings. The van der Waals surface area contributed by atoms with Crippen molar-refractivity contribution in [2.75, 3.05) is 0 Å². The normalized spacial score (nSPS) is 10.6. The van der Waals surface area contributed by atoms with Gasteiger partial charge in [-0.25, -0.2) is 4.98 Å². The highest BCUT2D eigenvalue weighted by atomic mass is 35.5. The number of halogens is 1. The molecule has 0 atom stereocenters. The maximum atomic E-state index is 5.80. The lowest BCUT2D eigenvalue weighted by molar-refractivity contribution is 1.14.